The molecule has 0 spiro atoms. The summed E-state index contributed by atoms with van der Waals surface area (Å²) in [5, 5.41) is 3.29. The molecule has 1 aromatic heterocycles. The lowest BCUT2D eigenvalue weighted by atomic mass is 10.3. The molecule has 0 bridgehead atoms. The van der Waals surface area contributed by atoms with Gasteiger partial charge in [-0.05, 0) is 0 Å². The third-order valence-electron chi connectivity index (χ3n) is 2.84. The molecule has 4 nitrogen and oxygen atoms in total. The number of nitrogens with one attached hydrogen (secondary N) is 1. The first-order chi connectivity index (χ1) is 7.43. The van der Waals surface area contributed by atoms with Gasteiger partial charge in [0.15, 0.2) is 0 Å². The summed E-state index contributed by atoms with van der Waals surface area (Å²) >= 11 is 2.01. The third kappa shape index (κ3) is 1.81. The molecule has 1 saturated heterocycles. The molecule has 0 saturated carbocycles. The molecule has 0 aromatic carbocycles. The lowest BCUT2D eigenvalue weighted by Crippen LogP contribution is -2.34. The Morgan fingerprint density at radius 3 is 3.00 bits per heavy atom. The Bertz CT molecular complexity index is 362. The Balaban J connectivity index is 1.85. The minimum Gasteiger partial charge on any atom is -0.339 e. The molecule has 0 unspecified atom stereocenters. The smallest absolute Gasteiger partial charge is 0.225 e. The van der Waals surface area contributed by atoms with E-state index in [0.29, 0.717) is 0 Å². The Hall–Kier alpha value is -0.810. The zero-order valence-corrected chi connectivity index (χ0v) is 9.39. The highest BCUT2D eigenvalue weighted by molar-refractivity contribution is 7.99. The fourth-order valence-corrected chi connectivity index (χ4v) is 2.87. The van der Waals surface area contributed by atoms with E-state index in [1.165, 1.54) is 22.8 Å². The van der Waals surface area contributed by atoms with Gasteiger partial charge >= 0.3 is 0 Å². The van der Waals surface area contributed by atoms with E-state index in [9.17, 15) is 0 Å². The zero-order valence-electron chi connectivity index (χ0n) is 8.57. The van der Waals surface area contributed by atoms with Crippen molar-refractivity contribution in [3.8, 4) is 0 Å². The van der Waals surface area contributed by atoms with Crippen LogP contribution in [0.3, 0.4) is 0 Å². The van der Waals surface area contributed by atoms with E-state index < -0.39 is 0 Å². The van der Waals surface area contributed by atoms with Crippen LogP contribution >= 0.6 is 11.8 Å². The topological polar surface area (TPSA) is 41.1 Å². The second-order valence-electron chi connectivity index (χ2n) is 3.84. The fourth-order valence-electron chi connectivity index (χ4n) is 1.96. The maximum Gasteiger partial charge on any atom is 0.225 e. The fraction of sp³-hybridized carbons (Fsp3) is 0.600. The van der Waals surface area contributed by atoms with E-state index in [0.717, 1.165) is 32.1 Å². The standard InChI is InChI=1S/C10H14N4S/c1-3-15-4-2-14(1)10-12-6-8-5-11-7-9(8)13-10/h6,11H,1-5,7H2. The first-order valence-electron chi connectivity index (χ1n) is 5.32. The van der Waals surface area contributed by atoms with Crippen molar-refractivity contribution in [2.45, 2.75) is 13.1 Å². The summed E-state index contributed by atoms with van der Waals surface area (Å²) in [6, 6.07) is 0. The molecule has 0 radical (unpaired) electrons. The molecule has 15 heavy (non-hydrogen) atoms. The molecule has 2 aliphatic heterocycles. The monoisotopic (exact) mass is 222 g/mol. The van der Waals surface area contributed by atoms with Crippen LogP contribution in [-0.4, -0.2) is 34.6 Å². The van der Waals surface area contributed by atoms with E-state index in [2.05, 4.69) is 20.2 Å². The Morgan fingerprint density at radius 2 is 2.13 bits per heavy atom. The summed E-state index contributed by atoms with van der Waals surface area (Å²) < 4.78 is 0. The highest BCUT2D eigenvalue weighted by Crippen LogP contribution is 2.18. The molecule has 0 aliphatic carbocycles. The van der Waals surface area contributed by atoms with Crippen molar-refractivity contribution in [1.82, 2.24) is 15.3 Å². The summed E-state index contributed by atoms with van der Waals surface area (Å²) in [5.41, 5.74) is 2.43. The zero-order chi connectivity index (χ0) is 10.1. The number of hydrogen-bond donors (Lipinski definition) is 1. The molecule has 2 aliphatic rings. The second kappa shape index (κ2) is 3.98. The maximum absolute atomic E-state index is 4.62. The molecule has 0 atom stereocenters. The normalized spacial score (nSPS) is 20.4. The Labute approximate surface area is 93.5 Å². The van der Waals surface area contributed by atoms with Gasteiger partial charge in [0, 0.05) is 49.4 Å². The molecular weight excluding hydrogens is 208 g/mol. The van der Waals surface area contributed by atoms with Crippen LogP contribution in [0.15, 0.2) is 6.20 Å². The third-order valence-corrected chi connectivity index (χ3v) is 3.79. The van der Waals surface area contributed by atoms with Gasteiger partial charge in [-0.2, -0.15) is 11.8 Å². The average molecular weight is 222 g/mol. The number of rotatable bonds is 1. The quantitative estimate of drug-likeness (QED) is 0.755. The molecular formula is C10H14N4S. The van der Waals surface area contributed by atoms with Crippen molar-refractivity contribution < 1.29 is 0 Å². The van der Waals surface area contributed by atoms with Gasteiger partial charge < -0.3 is 10.2 Å². The van der Waals surface area contributed by atoms with E-state index in [4.69, 9.17) is 0 Å². The molecule has 1 N–H and O–H groups in total. The van der Waals surface area contributed by atoms with Gasteiger partial charge in [-0.15, -0.1) is 0 Å². The average Bonchev–Trinajstić information content (AvgIpc) is 2.77. The first kappa shape index (κ1) is 9.42. The van der Waals surface area contributed by atoms with Crippen molar-refractivity contribution in [2.24, 2.45) is 0 Å². The summed E-state index contributed by atoms with van der Waals surface area (Å²) in [6.07, 6.45) is 1.97. The number of anilines is 1. The Morgan fingerprint density at radius 1 is 1.27 bits per heavy atom. The van der Waals surface area contributed by atoms with Gasteiger partial charge in [0.05, 0.1) is 5.69 Å². The highest BCUT2D eigenvalue weighted by atomic mass is 32.2. The maximum atomic E-state index is 4.62. The molecule has 3 rings (SSSR count). The van der Waals surface area contributed by atoms with E-state index in [-0.39, 0.29) is 0 Å². The van der Waals surface area contributed by atoms with Crippen molar-refractivity contribution >= 4 is 17.7 Å². The first-order valence-corrected chi connectivity index (χ1v) is 6.47. The van der Waals surface area contributed by atoms with Gasteiger partial charge in [-0.25, -0.2) is 9.97 Å². The molecule has 5 heteroatoms. The number of aromatic nitrogens is 2. The molecule has 1 aromatic rings. The molecule has 0 amide bonds. The van der Waals surface area contributed by atoms with E-state index >= 15 is 0 Å². The van der Waals surface area contributed by atoms with Crippen molar-refractivity contribution in [3.63, 3.8) is 0 Å². The van der Waals surface area contributed by atoms with Crippen molar-refractivity contribution in [2.75, 3.05) is 29.5 Å². The van der Waals surface area contributed by atoms with Gasteiger partial charge in [0.25, 0.3) is 0 Å². The molecule has 3 heterocycles. The van der Waals surface area contributed by atoms with Gasteiger partial charge in [-0.3, -0.25) is 0 Å². The highest BCUT2D eigenvalue weighted by Gasteiger charge is 2.17. The minimum atomic E-state index is 0.896. The second-order valence-corrected chi connectivity index (χ2v) is 5.07. The van der Waals surface area contributed by atoms with Crippen LogP contribution in [0.25, 0.3) is 0 Å². The van der Waals surface area contributed by atoms with Crippen LogP contribution < -0.4 is 10.2 Å². The van der Waals surface area contributed by atoms with Crippen LogP contribution in [0.4, 0.5) is 5.95 Å². The van der Waals surface area contributed by atoms with Gasteiger partial charge in [-0.1, -0.05) is 0 Å². The van der Waals surface area contributed by atoms with Gasteiger partial charge in [0.2, 0.25) is 5.95 Å². The van der Waals surface area contributed by atoms with Gasteiger partial charge in [0.1, 0.15) is 0 Å². The van der Waals surface area contributed by atoms with Crippen LogP contribution in [0.5, 0.6) is 0 Å². The van der Waals surface area contributed by atoms with Crippen LogP contribution in [0.1, 0.15) is 11.3 Å². The lowest BCUT2D eigenvalue weighted by Gasteiger charge is -2.26. The number of thioether (sulfide) groups is 1. The van der Waals surface area contributed by atoms with Crippen LogP contribution in [0.2, 0.25) is 0 Å². The number of nitrogens with zero attached hydrogens (tertiary/aromatic N) is 3. The minimum absolute atomic E-state index is 0.896. The molecule has 1 fully saturated rings. The molecule has 80 valence electrons. The van der Waals surface area contributed by atoms with Crippen molar-refractivity contribution in [3.05, 3.63) is 17.5 Å². The lowest BCUT2D eigenvalue weighted by molar-refractivity contribution is 0.755. The SMILES string of the molecule is c1nc(N2CCSCC2)nc2c1CNC2. The number of hydrogen-bond acceptors (Lipinski definition) is 5. The predicted molar refractivity (Wildman–Crippen MR) is 62.1 cm³/mol. The Kier molecular flexibility index (Phi) is 2.50. The summed E-state index contributed by atoms with van der Waals surface area (Å²) in [4.78, 5) is 11.3. The van der Waals surface area contributed by atoms with Crippen molar-refractivity contribution in [1.29, 1.82) is 0 Å². The summed E-state index contributed by atoms with van der Waals surface area (Å²) in [6.45, 7) is 3.98. The largest absolute Gasteiger partial charge is 0.339 e. The number of fused-ring (bicyclic) bond motifs is 1. The van der Waals surface area contributed by atoms with Crippen LogP contribution in [-0.2, 0) is 13.1 Å². The predicted octanol–water partition coefficient (Wildman–Crippen LogP) is 0.633. The summed E-state index contributed by atoms with van der Waals surface area (Å²) in [5.74, 6) is 3.30. The van der Waals surface area contributed by atoms with Crippen LogP contribution in [0, 0.1) is 0 Å². The summed E-state index contributed by atoms with van der Waals surface area (Å²) in [7, 11) is 0. The van der Waals surface area contributed by atoms with E-state index in [1.54, 1.807) is 0 Å². The van der Waals surface area contributed by atoms with E-state index in [1.807, 2.05) is 18.0 Å².